The minimum Gasteiger partial charge on any atom is -0.332 e. The summed E-state index contributed by atoms with van der Waals surface area (Å²) < 4.78 is 0. The van der Waals surface area contributed by atoms with Gasteiger partial charge in [0.2, 0.25) is 5.91 Å². The van der Waals surface area contributed by atoms with Gasteiger partial charge in [-0.1, -0.05) is 48.9 Å². The number of nitriles is 1. The maximum atomic E-state index is 13.3. The lowest BCUT2D eigenvalue weighted by Crippen LogP contribution is -2.24. The van der Waals surface area contributed by atoms with Crippen molar-refractivity contribution in [3.63, 3.8) is 0 Å². The third-order valence-corrected chi connectivity index (χ3v) is 8.84. The number of thiophene rings is 1. The van der Waals surface area contributed by atoms with Crippen LogP contribution in [0.15, 0.2) is 83.8 Å². The molecule has 208 valence electrons. The zero-order valence-electron chi connectivity index (χ0n) is 22.8. The maximum Gasteiger partial charge on any atom is 0.266 e. The van der Waals surface area contributed by atoms with E-state index in [1.54, 1.807) is 19.1 Å². The number of thiocarbonyl (C=S) groups is 1. The van der Waals surface area contributed by atoms with E-state index in [2.05, 4.69) is 27.3 Å². The molecule has 0 radical (unpaired) electrons. The highest BCUT2D eigenvalue weighted by atomic mass is 32.2. The molecule has 4 aromatic rings. The maximum absolute atomic E-state index is 13.3. The summed E-state index contributed by atoms with van der Waals surface area (Å²) in [5.41, 5.74) is 4.34. The van der Waals surface area contributed by atoms with Crippen LogP contribution in [0.3, 0.4) is 0 Å². The second-order valence-electron chi connectivity index (χ2n) is 9.17. The van der Waals surface area contributed by atoms with Crippen LogP contribution >= 0.6 is 35.3 Å². The van der Waals surface area contributed by atoms with Gasteiger partial charge in [0.25, 0.3) is 5.91 Å². The summed E-state index contributed by atoms with van der Waals surface area (Å²) in [6, 6.07) is 26.9. The van der Waals surface area contributed by atoms with Crippen LogP contribution in [0.5, 0.6) is 0 Å². The number of benzene rings is 3. The molecule has 0 aliphatic carbocycles. The number of carbonyl (C=O) groups is 2. The predicted octanol–water partition coefficient (Wildman–Crippen LogP) is 7.81. The van der Waals surface area contributed by atoms with Crippen molar-refractivity contribution in [1.82, 2.24) is 0 Å². The topological polar surface area (TPSA) is 106 Å². The lowest BCUT2D eigenvalue weighted by atomic mass is 10.1. The molecule has 0 saturated heterocycles. The summed E-state index contributed by atoms with van der Waals surface area (Å²) in [5, 5.41) is 22.3. The fourth-order valence-corrected chi connectivity index (χ4v) is 6.22. The van der Waals surface area contributed by atoms with Crippen LogP contribution in [0.2, 0.25) is 0 Å². The van der Waals surface area contributed by atoms with E-state index in [0.29, 0.717) is 38.2 Å². The van der Waals surface area contributed by atoms with Crippen LogP contribution in [0.1, 0.15) is 39.7 Å². The Morgan fingerprint density at radius 1 is 0.902 bits per heavy atom. The molecule has 7 nitrogen and oxygen atoms in total. The van der Waals surface area contributed by atoms with E-state index in [4.69, 9.17) is 12.2 Å². The van der Waals surface area contributed by atoms with Crippen LogP contribution in [-0.2, 0) is 4.79 Å². The van der Waals surface area contributed by atoms with Crippen molar-refractivity contribution in [3.05, 3.63) is 100 Å². The second kappa shape index (κ2) is 13.9. The number of rotatable bonds is 9. The van der Waals surface area contributed by atoms with Gasteiger partial charge in [0, 0.05) is 22.0 Å². The van der Waals surface area contributed by atoms with Gasteiger partial charge in [0.05, 0.1) is 15.7 Å². The van der Waals surface area contributed by atoms with Gasteiger partial charge in [0.1, 0.15) is 11.1 Å². The Labute approximate surface area is 253 Å². The quantitative estimate of drug-likeness (QED) is 0.115. The van der Waals surface area contributed by atoms with Gasteiger partial charge in [-0.2, -0.15) is 5.26 Å². The van der Waals surface area contributed by atoms with Crippen LogP contribution in [0.25, 0.3) is 0 Å². The van der Waals surface area contributed by atoms with Crippen molar-refractivity contribution in [3.8, 4) is 6.07 Å². The Kier molecular flexibility index (Phi) is 10.1. The van der Waals surface area contributed by atoms with Crippen molar-refractivity contribution in [2.45, 2.75) is 37.3 Å². The zero-order chi connectivity index (χ0) is 29.4. The largest absolute Gasteiger partial charge is 0.332 e. The highest BCUT2D eigenvalue weighted by Gasteiger charge is 2.25. The van der Waals surface area contributed by atoms with Gasteiger partial charge in [-0.3, -0.25) is 9.59 Å². The number of nitrogens with one attached hydrogen (secondary N) is 4. The van der Waals surface area contributed by atoms with E-state index in [1.807, 2.05) is 80.6 Å². The van der Waals surface area contributed by atoms with Gasteiger partial charge in [-0.05, 0) is 80.5 Å². The van der Waals surface area contributed by atoms with Gasteiger partial charge >= 0.3 is 0 Å². The van der Waals surface area contributed by atoms with E-state index < -0.39 is 5.25 Å². The van der Waals surface area contributed by atoms with Crippen molar-refractivity contribution in [2.24, 2.45) is 0 Å². The summed E-state index contributed by atoms with van der Waals surface area (Å²) in [7, 11) is 0. The average molecular weight is 600 g/mol. The monoisotopic (exact) mass is 599 g/mol. The molecule has 0 saturated carbocycles. The molecule has 10 heteroatoms. The number of amides is 2. The number of carbonyl (C=O) groups excluding carboxylic acids is 2. The highest BCUT2D eigenvalue weighted by molar-refractivity contribution is 8.00. The normalized spacial score (nSPS) is 11.2. The number of thioether (sulfide) groups is 1. The number of para-hydroxylation sites is 1. The molecule has 2 amide bonds. The zero-order valence-corrected chi connectivity index (χ0v) is 25.2. The molecule has 4 rings (SSSR count). The fourth-order valence-electron chi connectivity index (χ4n) is 3.92. The molecule has 0 spiro atoms. The first-order chi connectivity index (χ1) is 19.8. The smallest absolute Gasteiger partial charge is 0.266 e. The molecule has 0 fully saturated rings. The third-order valence-electron chi connectivity index (χ3n) is 6.08. The van der Waals surface area contributed by atoms with Crippen LogP contribution in [0.4, 0.5) is 22.1 Å². The van der Waals surface area contributed by atoms with Crippen molar-refractivity contribution < 1.29 is 9.59 Å². The van der Waals surface area contributed by atoms with E-state index in [1.165, 1.54) is 17.3 Å². The molecule has 0 aliphatic heterocycles. The summed E-state index contributed by atoms with van der Waals surface area (Å²) in [6.45, 7) is 5.68. The molecular formula is C31H29N5O2S3. The molecule has 1 aromatic heterocycles. The predicted molar refractivity (Wildman–Crippen MR) is 174 cm³/mol. The first-order valence-corrected chi connectivity index (χ1v) is 15.0. The van der Waals surface area contributed by atoms with Crippen molar-refractivity contribution in [1.29, 1.82) is 5.26 Å². The van der Waals surface area contributed by atoms with Crippen LogP contribution in [0, 0.1) is 25.2 Å². The van der Waals surface area contributed by atoms with E-state index in [0.717, 1.165) is 27.6 Å². The van der Waals surface area contributed by atoms with Gasteiger partial charge in [-0.25, -0.2) is 0 Å². The summed E-state index contributed by atoms with van der Waals surface area (Å²) in [5.74, 6) is -0.559. The Hall–Kier alpha value is -4.17. The highest BCUT2D eigenvalue weighted by Crippen LogP contribution is 2.35. The van der Waals surface area contributed by atoms with Gasteiger partial charge < -0.3 is 21.3 Å². The molecule has 41 heavy (non-hydrogen) atoms. The second-order valence-corrected chi connectivity index (χ2v) is 11.9. The molecule has 1 heterocycles. The molecule has 4 N–H and O–H groups in total. The van der Waals surface area contributed by atoms with E-state index in [9.17, 15) is 14.9 Å². The summed E-state index contributed by atoms with van der Waals surface area (Å²) >= 11 is 7.99. The standard InChI is InChI=1S/C31H29N5O2S3/c1-4-26(40-24-12-8-11-23(17-24)35-31(39)34-22-15-13-19(2)14-16-22)28(37)36-30-25(18-32)20(3)27(41-30)29(38)33-21-9-6-5-7-10-21/h5-17,26H,4H2,1-3H3,(H,33,38)(H,36,37)(H2,34,35,39). The number of hydrogen-bond acceptors (Lipinski definition) is 6. The molecule has 1 unspecified atom stereocenters. The number of anilines is 4. The molecule has 1 atom stereocenters. The van der Waals surface area contributed by atoms with Crippen molar-refractivity contribution >= 4 is 74.3 Å². The number of nitrogens with zero attached hydrogens (tertiary/aromatic N) is 1. The SMILES string of the molecule is CCC(Sc1cccc(NC(=S)Nc2ccc(C)cc2)c1)C(=O)Nc1sc(C(=O)Nc2ccccc2)c(C)c1C#N. The Morgan fingerprint density at radius 3 is 2.24 bits per heavy atom. The Morgan fingerprint density at radius 2 is 1.56 bits per heavy atom. The average Bonchev–Trinajstić information content (AvgIpc) is 3.28. The fraction of sp³-hybridized carbons (Fsp3) is 0.161. The molecule has 3 aromatic carbocycles. The lowest BCUT2D eigenvalue weighted by molar-refractivity contribution is -0.115. The van der Waals surface area contributed by atoms with Gasteiger partial charge in [0.15, 0.2) is 5.11 Å². The molecular weight excluding hydrogens is 571 g/mol. The minimum atomic E-state index is -0.418. The number of hydrogen-bond donors (Lipinski definition) is 4. The lowest BCUT2D eigenvalue weighted by Gasteiger charge is -2.16. The first-order valence-electron chi connectivity index (χ1n) is 12.9. The Balaban J connectivity index is 1.42. The van der Waals surface area contributed by atoms with Crippen molar-refractivity contribution in [2.75, 3.05) is 21.3 Å². The summed E-state index contributed by atoms with van der Waals surface area (Å²) in [4.78, 5) is 27.5. The minimum absolute atomic E-state index is 0.236. The van der Waals surface area contributed by atoms with Crippen LogP contribution < -0.4 is 21.3 Å². The first kappa shape index (κ1) is 29.8. The molecule has 0 bridgehead atoms. The van der Waals surface area contributed by atoms with Crippen LogP contribution in [-0.4, -0.2) is 22.2 Å². The van der Waals surface area contributed by atoms with Gasteiger partial charge in [-0.15, -0.1) is 23.1 Å². The Bertz CT molecular complexity index is 1590. The van der Waals surface area contributed by atoms with E-state index in [-0.39, 0.29) is 11.8 Å². The summed E-state index contributed by atoms with van der Waals surface area (Å²) in [6.07, 6.45) is 0.565. The van der Waals surface area contributed by atoms with E-state index >= 15 is 0 Å². The molecule has 0 aliphatic rings. The number of aryl methyl sites for hydroxylation is 1. The third kappa shape index (κ3) is 7.95.